The number of hydrogen-bond donors (Lipinski definition) is 2. The van der Waals surface area contributed by atoms with Crippen LogP contribution < -0.4 is 20.1 Å². The van der Waals surface area contributed by atoms with E-state index in [9.17, 15) is 9.59 Å². The number of imide groups is 1. The van der Waals surface area contributed by atoms with E-state index in [0.29, 0.717) is 19.8 Å². The molecule has 1 unspecified atom stereocenters. The van der Waals surface area contributed by atoms with Gasteiger partial charge < -0.3 is 14.8 Å². The van der Waals surface area contributed by atoms with Gasteiger partial charge in [0, 0.05) is 12.1 Å². The van der Waals surface area contributed by atoms with Crippen LogP contribution in [-0.2, 0) is 11.3 Å². The minimum absolute atomic E-state index is 0.346. The van der Waals surface area contributed by atoms with E-state index < -0.39 is 17.6 Å². The Morgan fingerprint density at radius 2 is 1.84 bits per heavy atom. The molecule has 3 amide bonds. The monoisotopic (exact) mass is 349 g/mol. The van der Waals surface area contributed by atoms with Crippen LogP contribution in [0, 0.1) is 0 Å². The molecule has 1 aromatic carbocycles. The molecule has 0 aromatic heterocycles. The number of urea groups is 1. The smallest absolute Gasteiger partial charge is 0.321 e. The lowest BCUT2D eigenvalue weighted by Crippen LogP contribution is -2.52. The van der Waals surface area contributed by atoms with Gasteiger partial charge in [0.15, 0.2) is 11.5 Å². The van der Waals surface area contributed by atoms with Gasteiger partial charge in [0.05, 0.1) is 6.04 Å². The van der Waals surface area contributed by atoms with Gasteiger partial charge in [0.25, 0.3) is 0 Å². The summed E-state index contributed by atoms with van der Waals surface area (Å²) >= 11 is 0. The van der Waals surface area contributed by atoms with E-state index in [0.717, 1.165) is 17.1 Å². The first-order valence-corrected chi connectivity index (χ1v) is 8.37. The number of likely N-dealkylation sites (N-methyl/N-ethyl adjacent to an activating group) is 1. The Balaban J connectivity index is 1.92. The maximum absolute atomic E-state index is 12.2. The van der Waals surface area contributed by atoms with Crippen LogP contribution >= 0.6 is 0 Å². The van der Waals surface area contributed by atoms with Gasteiger partial charge in [0.2, 0.25) is 5.91 Å². The Morgan fingerprint density at radius 1 is 1.20 bits per heavy atom. The highest BCUT2D eigenvalue weighted by atomic mass is 16.6. The largest absolute Gasteiger partial charge is 0.486 e. The van der Waals surface area contributed by atoms with E-state index in [2.05, 4.69) is 10.6 Å². The number of rotatable bonds is 4. The van der Waals surface area contributed by atoms with Crippen LogP contribution in [0.25, 0.3) is 0 Å². The Kier molecular flexibility index (Phi) is 5.89. The number of ether oxygens (including phenoxy) is 2. The molecule has 7 nitrogen and oxygen atoms in total. The van der Waals surface area contributed by atoms with Crippen molar-refractivity contribution in [3.63, 3.8) is 0 Å². The van der Waals surface area contributed by atoms with Gasteiger partial charge in [-0.05, 0) is 52.4 Å². The topological polar surface area (TPSA) is 79.9 Å². The Hall–Kier alpha value is -2.28. The second-order valence-corrected chi connectivity index (χ2v) is 7.26. The van der Waals surface area contributed by atoms with Gasteiger partial charge in [0.1, 0.15) is 13.2 Å². The molecule has 2 rings (SSSR count). The predicted octanol–water partition coefficient (Wildman–Crippen LogP) is 1.90. The number of carbonyl (C=O) groups is 2. The fourth-order valence-corrected chi connectivity index (χ4v) is 2.40. The summed E-state index contributed by atoms with van der Waals surface area (Å²) in [4.78, 5) is 25.9. The summed E-state index contributed by atoms with van der Waals surface area (Å²) in [5.41, 5.74) is 0.607. The average molecular weight is 349 g/mol. The number of amides is 3. The quantitative estimate of drug-likeness (QED) is 0.868. The molecule has 0 fully saturated rings. The van der Waals surface area contributed by atoms with Gasteiger partial charge in [-0.25, -0.2) is 4.79 Å². The van der Waals surface area contributed by atoms with Crippen LogP contribution in [0.5, 0.6) is 11.5 Å². The van der Waals surface area contributed by atoms with Gasteiger partial charge in [-0.3, -0.25) is 15.0 Å². The first kappa shape index (κ1) is 19.1. The van der Waals surface area contributed by atoms with E-state index in [1.165, 1.54) is 0 Å². The van der Waals surface area contributed by atoms with Gasteiger partial charge in [-0.1, -0.05) is 6.07 Å². The van der Waals surface area contributed by atoms with Crippen LogP contribution in [-0.4, -0.2) is 48.7 Å². The average Bonchev–Trinajstić information content (AvgIpc) is 2.52. The second kappa shape index (κ2) is 7.74. The van der Waals surface area contributed by atoms with Crippen molar-refractivity contribution in [2.45, 2.75) is 45.8 Å². The Labute approximate surface area is 148 Å². The van der Waals surface area contributed by atoms with Crippen molar-refractivity contribution < 1.29 is 19.1 Å². The summed E-state index contributed by atoms with van der Waals surface area (Å²) in [5.74, 6) is 1.11. The fourth-order valence-electron chi connectivity index (χ4n) is 2.40. The lowest BCUT2D eigenvalue weighted by molar-refractivity contribution is -0.124. The first-order valence-electron chi connectivity index (χ1n) is 8.37. The maximum atomic E-state index is 12.2. The number of benzene rings is 1. The summed E-state index contributed by atoms with van der Waals surface area (Å²) in [6.45, 7) is 8.97. The standard InChI is InChI=1S/C18H27N3O4/c1-12(16(22)19-17(23)20-18(2,3)4)21(5)11-13-6-7-14-15(10-13)25-9-8-24-14/h6-7,10,12H,8-9,11H2,1-5H3,(H2,19,20,22,23). The van der Waals surface area contributed by atoms with Crippen molar-refractivity contribution in [3.8, 4) is 11.5 Å². The van der Waals surface area contributed by atoms with Crippen LogP contribution in [0.3, 0.4) is 0 Å². The molecule has 1 aliphatic rings. The van der Waals surface area contributed by atoms with Gasteiger partial charge >= 0.3 is 6.03 Å². The molecule has 0 bridgehead atoms. The van der Waals surface area contributed by atoms with E-state index in [1.54, 1.807) is 6.92 Å². The fraction of sp³-hybridized carbons (Fsp3) is 0.556. The SMILES string of the molecule is CC(C(=O)NC(=O)NC(C)(C)C)N(C)Cc1ccc2c(c1)OCCO2. The van der Waals surface area contributed by atoms with Crippen molar-refractivity contribution in [2.24, 2.45) is 0 Å². The van der Waals surface area contributed by atoms with Crippen molar-refractivity contribution in [2.75, 3.05) is 20.3 Å². The summed E-state index contributed by atoms with van der Waals surface area (Å²) < 4.78 is 11.1. The highest BCUT2D eigenvalue weighted by Gasteiger charge is 2.22. The number of nitrogens with one attached hydrogen (secondary N) is 2. The molecule has 1 heterocycles. The van der Waals surface area contributed by atoms with Crippen LogP contribution in [0.4, 0.5) is 4.79 Å². The highest BCUT2D eigenvalue weighted by molar-refractivity contribution is 5.97. The molecular formula is C18H27N3O4. The molecule has 1 aliphatic heterocycles. The molecule has 25 heavy (non-hydrogen) atoms. The third-order valence-corrected chi connectivity index (χ3v) is 3.80. The Bertz CT molecular complexity index is 640. The summed E-state index contributed by atoms with van der Waals surface area (Å²) in [7, 11) is 1.84. The molecular weight excluding hydrogens is 322 g/mol. The Morgan fingerprint density at radius 3 is 2.48 bits per heavy atom. The first-order chi connectivity index (χ1) is 11.7. The molecule has 0 saturated carbocycles. The maximum Gasteiger partial charge on any atom is 0.321 e. The highest BCUT2D eigenvalue weighted by Crippen LogP contribution is 2.31. The van der Waals surface area contributed by atoms with Crippen LogP contribution in [0.15, 0.2) is 18.2 Å². The zero-order valence-corrected chi connectivity index (χ0v) is 15.5. The summed E-state index contributed by atoms with van der Waals surface area (Å²) in [6.07, 6.45) is 0. The zero-order chi connectivity index (χ0) is 18.6. The van der Waals surface area contributed by atoms with Crippen LogP contribution in [0.1, 0.15) is 33.3 Å². The molecule has 0 saturated heterocycles. The van der Waals surface area contributed by atoms with E-state index in [4.69, 9.17) is 9.47 Å². The molecule has 0 spiro atoms. The van der Waals surface area contributed by atoms with Crippen molar-refractivity contribution >= 4 is 11.9 Å². The van der Waals surface area contributed by atoms with E-state index in [1.807, 2.05) is 50.9 Å². The number of fused-ring (bicyclic) bond motifs is 1. The normalized spacial score (nSPS) is 14.8. The molecule has 138 valence electrons. The third kappa shape index (κ3) is 5.63. The predicted molar refractivity (Wildman–Crippen MR) is 94.8 cm³/mol. The lowest BCUT2D eigenvalue weighted by atomic mass is 10.1. The summed E-state index contributed by atoms with van der Waals surface area (Å²) in [6, 6.07) is 4.79. The van der Waals surface area contributed by atoms with Crippen molar-refractivity contribution in [1.29, 1.82) is 0 Å². The lowest BCUT2D eigenvalue weighted by Gasteiger charge is -2.26. The molecule has 1 atom stereocenters. The number of carbonyl (C=O) groups excluding carboxylic acids is 2. The minimum Gasteiger partial charge on any atom is -0.486 e. The number of nitrogens with zero attached hydrogens (tertiary/aromatic N) is 1. The zero-order valence-electron chi connectivity index (χ0n) is 15.5. The second-order valence-electron chi connectivity index (χ2n) is 7.26. The van der Waals surface area contributed by atoms with E-state index >= 15 is 0 Å². The molecule has 2 N–H and O–H groups in total. The van der Waals surface area contributed by atoms with Crippen LogP contribution in [0.2, 0.25) is 0 Å². The van der Waals surface area contributed by atoms with Gasteiger partial charge in [-0.15, -0.1) is 0 Å². The van der Waals surface area contributed by atoms with Crippen molar-refractivity contribution in [3.05, 3.63) is 23.8 Å². The third-order valence-electron chi connectivity index (χ3n) is 3.80. The molecule has 7 heteroatoms. The van der Waals surface area contributed by atoms with Gasteiger partial charge in [-0.2, -0.15) is 0 Å². The van der Waals surface area contributed by atoms with E-state index in [-0.39, 0.29) is 5.91 Å². The minimum atomic E-state index is -0.489. The number of hydrogen-bond acceptors (Lipinski definition) is 5. The molecule has 0 aliphatic carbocycles. The molecule has 0 radical (unpaired) electrons. The van der Waals surface area contributed by atoms with Crippen molar-refractivity contribution in [1.82, 2.24) is 15.5 Å². The molecule has 1 aromatic rings. The summed E-state index contributed by atoms with van der Waals surface area (Å²) in [5, 5.41) is 5.09.